The van der Waals surface area contributed by atoms with E-state index in [0.717, 1.165) is 35.8 Å². The van der Waals surface area contributed by atoms with Crippen molar-refractivity contribution in [2.45, 2.75) is 44.1 Å². The predicted octanol–water partition coefficient (Wildman–Crippen LogP) is 5.35. The molecule has 5 heteroatoms. The molecule has 3 nitrogen and oxygen atoms in total. The fourth-order valence-electron chi connectivity index (χ4n) is 5.16. The Morgan fingerprint density at radius 2 is 1.79 bits per heavy atom. The number of hydrogen-bond donors (Lipinski definition) is 1. The molecule has 0 radical (unpaired) electrons. The zero-order valence-corrected chi connectivity index (χ0v) is 19.2. The zero-order valence-electron chi connectivity index (χ0n) is 17.6. The SMILES string of the molecule is COc1ccc([N+]2(C)CCNCC2CCC2CCCc3ccccc32)cc1.Cl.Cl. The second kappa shape index (κ2) is 10.7. The van der Waals surface area contributed by atoms with Crippen LogP contribution in [0.3, 0.4) is 0 Å². The summed E-state index contributed by atoms with van der Waals surface area (Å²) in [6.45, 7) is 3.35. The molecule has 0 spiro atoms. The summed E-state index contributed by atoms with van der Waals surface area (Å²) in [6.07, 6.45) is 6.53. The molecule has 3 unspecified atom stereocenters. The summed E-state index contributed by atoms with van der Waals surface area (Å²) in [4.78, 5) is 0. The second-order valence-electron chi connectivity index (χ2n) is 8.41. The molecule has 2 aromatic carbocycles. The molecule has 2 aromatic rings. The molecule has 1 heterocycles. The van der Waals surface area contributed by atoms with Crippen molar-refractivity contribution in [3.05, 3.63) is 59.7 Å². The first-order chi connectivity index (χ1) is 13.2. The van der Waals surface area contributed by atoms with Crippen molar-refractivity contribution in [1.29, 1.82) is 0 Å². The normalized spacial score (nSPS) is 25.9. The molecular formula is C24H35Cl2N2O+. The third-order valence-corrected chi connectivity index (χ3v) is 6.94. The average Bonchev–Trinajstić information content (AvgIpc) is 2.73. The first-order valence-electron chi connectivity index (χ1n) is 10.5. The van der Waals surface area contributed by atoms with Crippen LogP contribution in [-0.4, -0.2) is 39.8 Å². The minimum atomic E-state index is 0. The van der Waals surface area contributed by atoms with E-state index in [9.17, 15) is 0 Å². The van der Waals surface area contributed by atoms with Crippen LogP contribution in [0.15, 0.2) is 48.5 Å². The second-order valence-corrected chi connectivity index (χ2v) is 8.41. The van der Waals surface area contributed by atoms with E-state index in [-0.39, 0.29) is 24.8 Å². The molecule has 4 rings (SSSR count). The van der Waals surface area contributed by atoms with E-state index < -0.39 is 0 Å². The summed E-state index contributed by atoms with van der Waals surface area (Å²) in [5, 5.41) is 3.65. The first kappa shape index (κ1) is 24.0. The molecule has 0 aromatic heterocycles. The molecule has 1 saturated heterocycles. The van der Waals surface area contributed by atoms with Crippen LogP contribution >= 0.6 is 24.8 Å². The van der Waals surface area contributed by atoms with E-state index in [4.69, 9.17) is 4.74 Å². The number of hydrogen-bond acceptors (Lipinski definition) is 2. The van der Waals surface area contributed by atoms with Gasteiger partial charge in [0, 0.05) is 31.6 Å². The topological polar surface area (TPSA) is 21.3 Å². The number of aryl methyl sites for hydroxylation is 1. The number of halogens is 2. The summed E-state index contributed by atoms with van der Waals surface area (Å²) in [7, 11) is 4.16. The number of fused-ring (bicyclic) bond motifs is 1. The Bertz CT molecular complexity index is 768. The Morgan fingerprint density at radius 1 is 1.03 bits per heavy atom. The number of quaternary nitrogens is 1. The fourth-order valence-corrected chi connectivity index (χ4v) is 5.16. The van der Waals surface area contributed by atoms with Gasteiger partial charge >= 0.3 is 0 Å². The van der Waals surface area contributed by atoms with Crippen LogP contribution in [0, 0.1) is 0 Å². The molecule has 1 aliphatic heterocycles. The van der Waals surface area contributed by atoms with Gasteiger partial charge in [0.2, 0.25) is 0 Å². The lowest BCUT2D eigenvalue weighted by Crippen LogP contribution is -2.64. The van der Waals surface area contributed by atoms with Gasteiger partial charge in [0.1, 0.15) is 17.5 Å². The Labute approximate surface area is 188 Å². The summed E-state index contributed by atoms with van der Waals surface area (Å²) in [5.41, 5.74) is 4.61. The molecule has 1 fully saturated rings. The van der Waals surface area contributed by atoms with Gasteiger partial charge in [0.15, 0.2) is 0 Å². The summed E-state index contributed by atoms with van der Waals surface area (Å²) in [6, 6.07) is 18.5. The molecule has 3 atom stereocenters. The number of benzene rings is 2. The van der Waals surface area contributed by atoms with Crippen LogP contribution in [0.4, 0.5) is 5.69 Å². The maximum Gasteiger partial charge on any atom is 0.133 e. The minimum absolute atomic E-state index is 0. The molecule has 0 bridgehead atoms. The van der Waals surface area contributed by atoms with Crippen molar-refractivity contribution >= 4 is 30.5 Å². The third kappa shape index (κ3) is 5.08. The zero-order chi connectivity index (χ0) is 18.7. The van der Waals surface area contributed by atoms with E-state index in [1.54, 1.807) is 18.2 Å². The lowest BCUT2D eigenvalue weighted by atomic mass is 9.79. The molecule has 0 saturated carbocycles. The highest BCUT2D eigenvalue weighted by Gasteiger charge is 2.38. The average molecular weight is 438 g/mol. The number of methoxy groups -OCH3 is 1. The molecule has 160 valence electrons. The Balaban J connectivity index is 0.00000150. The summed E-state index contributed by atoms with van der Waals surface area (Å²) in [5.74, 6) is 1.68. The fraction of sp³-hybridized carbons (Fsp3) is 0.500. The minimum Gasteiger partial charge on any atom is -0.497 e. The molecular weight excluding hydrogens is 403 g/mol. The van der Waals surface area contributed by atoms with Crippen molar-refractivity contribution in [1.82, 2.24) is 9.80 Å². The van der Waals surface area contributed by atoms with Crippen molar-refractivity contribution in [3.63, 3.8) is 0 Å². The Hall–Kier alpha value is -1.26. The Morgan fingerprint density at radius 3 is 2.55 bits per heavy atom. The molecule has 1 N–H and O–H groups in total. The first-order valence-corrected chi connectivity index (χ1v) is 10.5. The van der Waals surface area contributed by atoms with E-state index in [2.05, 4.69) is 60.9 Å². The molecule has 2 aliphatic rings. The van der Waals surface area contributed by atoms with Gasteiger partial charge in [-0.15, -0.1) is 24.8 Å². The van der Waals surface area contributed by atoms with Gasteiger partial charge < -0.3 is 10.1 Å². The van der Waals surface area contributed by atoms with Crippen LogP contribution in [0.2, 0.25) is 0 Å². The highest BCUT2D eigenvalue weighted by atomic mass is 35.5. The number of rotatable bonds is 5. The number of nitrogens with zero attached hydrogens (tertiary/aromatic N) is 1. The number of likely N-dealkylation sites (N-methyl/N-ethyl adjacent to an activating group) is 1. The molecule has 29 heavy (non-hydrogen) atoms. The van der Waals surface area contributed by atoms with Gasteiger partial charge in [-0.3, -0.25) is 4.48 Å². The highest BCUT2D eigenvalue weighted by Crippen LogP contribution is 2.37. The van der Waals surface area contributed by atoms with Crippen molar-refractivity contribution in [2.75, 3.05) is 33.8 Å². The van der Waals surface area contributed by atoms with Crippen molar-refractivity contribution < 1.29 is 4.74 Å². The Kier molecular flexibility index (Phi) is 8.84. The lowest BCUT2D eigenvalue weighted by molar-refractivity contribution is 0.185. The van der Waals surface area contributed by atoms with Crippen LogP contribution in [0.5, 0.6) is 5.75 Å². The van der Waals surface area contributed by atoms with E-state index >= 15 is 0 Å². The van der Waals surface area contributed by atoms with Crippen molar-refractivity contribution in [3.8, 4) is 5.75 Å². The van der Waals surface area contributed by atoms with E-state index in [0.29, 0.717) is 6.04 Å². The predicted molar refractivity (Wildman–Crippen MR) is 128 cm³/mol. The molecule has 1 aliphatic carbocycles. The van der Waals surface area contributed by atoms with Gasteiger partial charge in [0.05, 0.1) is 20.7 Å². The van der Waals surface area contributed by atoms with Crippen LogP contribution in [0.25, 0.3) is 0 Å². The maximum atomic E-state index is 5.36. The van der Waals surface area contributed by atoms with Crippen molar-refractivity contribution in [2.24, 2.45) is 0 Å². The molecule has 0 amide bonds. The standard InChI is InChI=1S/C24H33N2O.2ClH/c1-26(21-12-14-23(27-2)15-13-21)17-16-25-18-22(26)11-10-20-8-5-7-19-6-3-4-9-24(19)20;;/h3-4,6,9,12-15,20,22,25H,5,7-8,10-11,16-18H2,1-2H3;2*1H/q+1;;. The largest absolute Gasteiger partial charge is 0.497 e. The van der Waals surface area contributed by atoms with Gasteiger partial charge in [-0.2, -0.15) is 0 Å². The van der Waals surface area contributed by atoms with Crippen LogP contribution < -0.4 is 14.5 Å². The monoisotopic (exact) mass is 437 g/mol. The smallest absolute Gasteiger partial charge is 0.133 e. The van der Waals surface area contributed by atoms with Gasteiger partial charge in [-0.25, -0.2) is 0 Å². The summed E-state index contributed by atoms with van der Waals surface area (Å²) < 4.78 is 6.39. The quantitative estimate of drug-likeness (QED) is 0.636. The van der Waals surface area contributed by atoms with Crippen LogP contribution in [0.1, 0.15) is 42.7 Å². The van der Waals surface area contributed by atoms with Gasteiger partial charge in [0.25, 0.3) is 0 Å². The number of nitrogens with one attached hydrogen (secondary N) is 1. The maximum absolute atomic E-state index is 5.36. The van der Waals surface area contributed by atoms with E-state index in [1.807, 2.05) is 0 Å². The van der Waals surface area contributed by atoms with Gasteiger partial charge in [-0.1, -0.05) is 24.3 Å². The number of ether oxygens (including phenoxy) is 1. The summed E-state index contributed by atoms with van der Waals surface area (Å²) >= 11 is 0. The van der Waals surface area contributed by atoms with Gasteiger partial charge in [-0.05, 0) is 54.9 Å². The number of piperazine rings is 1. The highest BCUT2D eigenvalue weighted by molar-refractivity contribution is 5.85. The lowest BCUT2D eigenvalue weighted by Gasteiger charge is -2.45. The van der Waals surface area contributed by atoms with E-state index in [1.165, 1.54) is 37.8 Å². The third-order valence-electron chi connectivity index (χ3n) is 6.94. The van der Waals surface area contributed by atoms with Crippen LogP contribution in [-0.2, 0) is 6.42 Å².